The summed E-state index contributed by atoms with van der Waals surface area (Å²) in [7, 11) is -3.86. The topological polar surface area (TPSA) is 84.5 Å². The molecule has 1 atom stereocenters. The second-order valence-electron chi connectivity index (χ2n) is 6.60. The number of rotatable bonds is 8. The summed E-state index contributed by atoms with van der Waals surface area (Å²) < 4.78 is 46.0. The van der Waals surface area contributed by atoms with Crippen molar-refractivity contribution in [1.82, 2.24) is 0 Å². The second-order valence-corrected chi connectivity index (χ2v) is 8.72. The van der Waals surface area contributed by atoms with Crippen LogP contribution in [0.2, 0.25) is 5.02 Å². The summed E-state index contributed by atoms with van der Waals surface area (Å²) in [6.07, 6.45) is -0.325. The lowest BCUT2D eigenvalue weighted by molar-refractivity contribution is -0.122. The molecule has 0 saturated carbocycles. The minimum Gasteiger partial charge on any atom is -0.481 e. The average Bonchev–Trinajstić information content (AvgIpc) is 2.74. The lowest BCUT2D eigenvalue weighted by Gasteiger charge is -2.17. The normalized spacial score (nSPS) is 12.1. The van der Waals surface area contributed by atoms with Gasteiger partial charge in [0.05, 0.1) is 4.90 Å². The Morgan fingerprint density at radius 2 is 1.68 bits per heavy atom. The van der Waals surface area contributed by atoms with E-state index in [4.69, 9.17) is 16.3 Å². The number of ether oxygens (including phenoxy) is 1. The molecule has 0 bridgehead atoms. The fraction of sp³-hybridized carbons (Fsp3) is 0.136. The highest BCUT2D eigenvalue weighted by Gasteiger charge is 2.19. The van der Waals surface area contributed by atoms with E-state index in [2.05, 4.69) is 10.0 Å². The van der Waals surface area contributed by atoms with E-state index in [0.29, 0.717) is 22.9 Å². The minimum absolute atomic E-state index is 0.00274. The van der Waals surface area contributed by atoms with E-state index < -0.39 is 21.9 Å². The first-order valence-corrected chi connectivity index (χ1v) is 11.2. The second kappa shape index (κ2) is 9.80. The Morgan fingerprint density at radius 3 is 2.29 bits per heavy atom. The summed E-state index contributed by atoms with van der Waals surface area (Å²) >= 11 is 5.94. The van der Waals surface area contributed by atoms with Gasteiger partial charge in [-0.1, -0.05) is 24.6 Å². The zero-order chi connectivity index (χ0) is 22.4. The average molecular weight is 463 g/mol. The van der Waals surface area contributed by atoms with Crippen molar-refractivity contribution >= 4 is 38.9 Å². The van der Waals surface area contributed by atoms with Crippen molar-refractivity contribution in [2.45, 2.75) is 24.3 Å². The van der Waals surface area contributed by atoms with Gasteiger partial charge in [0.1, 0.15) is 11.6 Å². The Labute approximate surface area is 185 Å². The molecule has 9 heteroatoms. The van der Waals surface area contributed by atoms with Gasteiger partial charge in [-0.15, -0.1) is 0 Å². The Bertz CT molecular complexity index is 1150. The summed E-state index contributed by atoms with van der Waals surface area (Å²) in [5, 5.41) is 3.21. The van der Waals surface area contributed by atoms with Crippen LogP contribution in [-0.4, -0.2) is 20.4 Å². The number of carbonyl (C=O) groups is 1. The molecule has 2 N–H and O–H groups in total. The van der Waals surface area contributed by atoms with E-state index in [9.17, 15) is 17.6 Å². The van der Waals surface area contributed by atoms with Crippen LogP contribution in [0.5, 0.6) is 5.75 Å². The molecule has 3 aromatic rings. The molecule has 0 saturated heterocycles. The summed E-state index contributed by atoms with van der Waals surface area (Å²) in [6, 6.07) is 17.4. The number of halogens is 2. The van der Waals surface area contributed by atoms with Crippen molar-refractivity contribution in [3.8, 4) is 5.75 Å². The van der Waals surface area contributed by atoms with Crippen molar-refractivity contribution in [1.29, 1.82) is 0 Å². The molecule has 0 aromatic heterocycles. The van der Waals surface area contributed by atoms with Gasteiger partial charge in [0.2, 0.25) is 0 Å². The minimum atomic E-state index is -3.86. The molecular weight excluding hydrogens is 443 g/mol. The zero-order valence-corrected chi connectivity index (χ0v) is 18.1. The largest absolute Gasteiger partial charge is 0.481 e. The Balaban J connectivity index is 1.66. The van der Waals surface area contributed by atoms with Crippen molar-refractivity contribution < 1.29 is 22.3 Å². The maximum Gasteiger partial charge on any atom is 0.265 e. The number of benzene rings is 3. The molecule has 0 spiro atoms. The van der Waals surface area contributed by atoms with Crippen LogP contribution >= 0.6 is 11.6 Å². The van der Waals surface area contributed by atoms with Gasteiger partial charge >= 0.3 is 0 Å². The molecule has 0 heterocycles. The number of hydrogen-bond donors (Lipinski definition) is 2. The standard InChI is InChI=1S/C22H20ClFN2O4S/c1-2-21(30-19-5-3-4-15(23)14-19)22(27)25-17-10-12-20(13-11-17)31(28,29)26-18-8-6-16(24)7-9-18/h3-14,21,26H,2H2,1H3,(H,25,27)/t21-/m1/s1. The molecule has 6 nitrogen and oxygen atoms in total. The van der Waals surface area contributed by atoms with Crippen LogP contribution in [0.25, 0.3) is 0 Å². The van der Waals surface area contributed by atoms with Crippen molar-refractivity contribution in [2.75, 3.05) is 10.0 Å². The smallest absolute Gasteiger partial charge is 0.265 e. The SMILES string of the molecule is CC[C@@H](Oc1cccc(Cl)c1)C(=O)Nc1ccc(S(=O)(=O)Nc2ccc(F)cc2)cc1. The number of amides is 1. The molecule has 0 unspecified atom stereocenters. The lowest BCUT2D eigenvalue weighted by atomic mass is 10.2. The van der Waals surface area contributed by atoms with E-state index in [-0.39, 0.29) is 16.5 Å². The van der Waals surface area contributed by atoms with Crippen LogP contribution in [0.3, 0.4) is 0 Å². The first-order chi connectivity index (χ1) is 14.8. The Kier molecular flexibility index (Phi) is 7.14. The van der Waals surface area contributed by atoms with Gasteiger partial charge < -0.3 is 10.1 Å². The van der Waals surface area contributed by atoms with Gasteiger partial charge in [-0.2, -0.15) is 0 Å². The van der Waals surface area contributed by atoms with Crippen molar-refractivity contribution in [3.05, 3.63) is 83.6 Å². The first-order valence-electron chi connectivity index (χ1n) is 9.38. The van der Waals surface area contributed by atoms with Crippen LogP contribution in [0.15, 0.2) is 77.7 Å². The molecule has 0 aliphatic rings. The van der Waals surface area contributed by atoms with Crippen LogP contribution < -0.4 is 14.8 Å². The Morgan fingerprint density at radius 1 is 1.03 bits per heavy atom. The molecular formula is C22H20ClFN2O4S. The summed E-state index contributed by atoms with van der Waals surface area (Å²) in [5.41, 5.74) is 0.654. The van der Waals surface area contributed by atoms with E-state index in [1.54, 1.807) is 24.3 Å². The third kappa shape index (κ3) is 6.19. The third-order valence-corrected chi connectivity index (χ3v) is 5.90. The number of anilines is 2. The van der Waals surface area contributed by atoms with Gasteiger partial charge in [0.25, 0.3) is 15.9 Å². The molecule has 0 aliphatic carbocycles. The van der Waals surface area contributed by atoms with Crippen LogP contribution in [0, 0.1) is 5.82 Å². The molecule has 162 valence electrons. The van der Waals surface area contributed by atoms with E-state index in [1.165, 1.54) is 36.4 Å². The molecule has 31 heavy (non-hydrogen) atoms. The number of carbonyl (C=O) groups excluding carboxylic acids is 1. The molecule has 1 amide bonds. The molecule has 0 aliphatic heterocycles. The fourth-order valence-electron chi connectivity index (χ4n) is 2.70. The summed E-state index contributed by atoms with van der Waals surface area (Å²) in [6.45, 7) is 1.81. The van der Waals surface area contributed by atoms with Crippen LogP contribution in [0.4, 0.5) is 15.8 Å². The van der Waals surface area contributed by atoms with Crippen LogP contribution in [-0.2, 0) is 14.8 Å². The van der Waals surface area contributed by atoms with E-state index in [1.807, 2.05) is 6.92 Å². The molecule has 0 radical (unpaired) electrons. The maximum atomic E-state index is 13.0. The fourth-order valence-corrected chi connectivity index (χ4v) is 3.94. The number of sulfonamides is 1. The van der Waals surface area contributed by atoms with Gasteiger partial charge in [0, 0.05) is 16.4 Å². The van der Waals surface area contributed by atoms with E-state index >= 15 is 0 Å². The summed E-state index contributed by atoms with van der Waals surface area (Å²) in [5.74, 6) is -0.363. The zero-order valence-electron chi connectivity index (χ0n) is 16.5. The molecule has 0 fully saturated rings. The predicted octanol–water partition coefficient (Wildman–Crippen LogP) is 5.08. The van der Waals surface area contributed by atoms with Crippen molar-refractivity contribution in [3.63, 3.8) is 0 Å². The molecule has 3 rings (SSSR count). The Hall–Kier alpha value is -3.10. The third-order valence-electron chi connectivity index (χ3n) is 4.27. The van der Waals surface area contributed by atoms with Crippen molar-refractivity contribution in [2.24, 2.45) is 0 Å². The van der Waals surface area contributed by atoms with Gasteiger partial charge in [-0.05, 0) is 73.2 Å². The highest BCUT2D eigenvalue weighted by atomic mass is 35.5. The van der Waals surface area contributed by atoms with Gasteiger partial charge in [-0.25, -0.2) is 12.8 Å². The van der Waals surface area contributed by atoms with Crippen LogP contribution in [0.1, 0.15) is 13.3 Å². The maximum absolute atomic E-state index is 13.0. The summed E-state index contributed by atoms with van der Waals surface area (Å²) in [4.78, 5) is 12.6. The number of nitrogens with one attached hydrogen (secondary N) is 2. The monoisotopic (exact) mass is 462 g/mol. The number of hydrogen-bond acceptors (Lipinski definition) is 4. The quantitative estimate of drug-likeness (QED) is 0.489. The first kappa shape index (κ1) is 22.6. The lowest BCUT2D eigenvalue weighted by Crippen LogP contribution is -2.32. The van der Waals surface area contributed by atoms with Gasteiger partial charge in [0.15, 0.2) is 6.10 Å². The predicted molar refractivity (Wildman–Crippen MR) is 118 cm³/mol. The van der Waals surface area contributed by atoms with Gasteiger partial charge in [-0.3, -0.25) is 9.52 Å². The highest BCUT2D eigenvalue weighted by Crippen LogP contribution is 2.21. The highest BCUT2D eigenvalue weighted by molar-refractivity contribution is 7.92. The molecule has 3 aromatic carbocycles. The van der Waals surface area contributed by atoms with E-state index in [0.717, 1.165) is 12.1 Å².